The first kappa shape index (κ1) is 12.4. The fourth-order valence-corrected chi connectivity index (χ4v) is 1.89. The minimum absolute atomic E-state index is 0.139. The molecule has 1 aliphatic heterocycles. The Labute approximate surface area is 102 Å². The lowest BCUT2D eigenvalue weighted by atomic mass is 10.1. The van der Waals surface area contributed by atoms with Gasteiger partial charge in [0.2, 0.25) is 0 Å². The van der Waals surface area contributed by atoms with Gasteiger partial charge in [-0.25, -0.2) is 0 Å². The Hall–Kier alpha value is -1.10. The van der Waals surface area contributed by atoms with Gasteiger partial charge in [-0.2, -0.15) is 0 Å². The minimum atomic E-state index is -0.414. The summed E-state index contributed by atoms with van der Waals surface area (Å²) in [5.41, 5.74) is 1.23. The average molecular weight is 237 g/mol. The Morgan fingerprint density at radius 2 is 2.06 bits per heavy atom. The highest BCUT2D eigenvalue weighted by atomic mass is 16.5. The third-order valence-corrected chi connectivity index (χ3v) is 2.93. The molecule has 17 heavy (non-hydrogen) atoms. The molecule has 4 nitrogen and oxygen atoms in total. The molecule has 0 radical (unpaired) electrons. The first-order valence-electron chi connectivity index (χ1n) is 5.93. The van der Waals surface area contributed by atoms with Crippen LogP contribution in [-0.4, -0.2) is 44.1 Å². The summed E-state index contributed by atoms with van der Waals surface area (Å²) < 4.78 is 10.7. The van der Waals surface area contributed by atoms with Crippen LogP contribution >= 0.6 is 0 Å². The molecule has 2 rings (SSSR count). The van der Waals surface area contributed by atoms with Gasteiger partial charge >= 0.3 is 0 Å². The molecule has 1 heterocycles. The summed E-state index contributed by atoms with van der Waals surface area (Å²) in [6.45, 7) is 2.04. The Balaban J connectivity index is 1.89. The van der Waals surface area contributed by atoms with Gasteiger partial charge in [-0.05, 0) is 24.1 Å². The quantitative estimate of drug-likeness (QED) is 0.787. The number of nitrogens with one attached hydrogen (secondary N) is 1. The van der Waals surface area contributed by atoms with E-state index in [1.807, 2.05) is 24.3 Å². The zero-order valence-corrected chi connectivity index (χ0v) is 10.1. The van der Waals surface area contributed by atoms with Gasteiger partial charge in [0.25, 0.3) is 0 Å². The number of β-amino-alcohol motifs (C(OH)–C–C–N with tert-alkyl or cyclic N) is 1. The molecular formula is C13H19NO3. The van der Waals surface area contributed by atoms with Gasteiger partial charge in [0.05, 0.1) is 6.61 Å². The third kappa shape index (κ3) is 3.43. The topological polar surface area (TPSA) is 50.7 Å². The van der Waals surface area contributed by atoms with Crippen LogP contribution in [0.5, 0.6) is 5.75 Å². The second-order valence-corrected chi connectivity index (χ2v) is 4.27. The summed E-state index contributed by atoms with van der Waals surface area (Å²) in [7, 11) is 1.70. The molecule has 2 unspecified atom stereocenters. The lowest BCUT2D eigenvalue weighted by molar-refractivity contribution is 0.0737. The number of aliphatic hydroxyl groups excluding tert-OH is 1. The van der Waals surface area contributed by atoms with Gasteiger partial charge < -0.3 is 19.9 Å². The highest BCUT2D eigenvalue weighted by Crippen LogP contribution is 2.16. The van der Waals surface area contributed by atoms with E-state index in [4.69, 9.17) is 9.47 Å². The minimum Gasteiger partial charge on any atom is -0.486 e. The number of rotatable bonds is 5. The highest BCUT2D eigenvalue weighted by molar-refractivity contribution is 5.27. The second kappa shape index (κ2) is 6.00. The zero-order chi connectivity index (χ0) is 12.1. The van der Waals surface area contributed by atoms with E-state index in [2.05, 4.69) is 5.32 Å². The summed E-state index contributed by atoms with van der Waals surface area (Å²) in [4.78, 5) is 0. The standard InChI is InChI=1S/C13H19NO3/c1-16-7-6-10-2-4-11(5-3-10)17-13-9-14-8-12(13)15/h2-5,12-15H,6-9H2,1H3. The van der Waals surface area contributed by atoms with Crippen LogP contribution in [0.25, 0.3) is 0 Å². The molecule has 2 atom stereocenters. The van der Waals surface area contributed by atoms with Crippen LogP contribution in [-0.2, 0) is 11.2 Å². The molecule has 0 spiro atoms. The SMILES string of the molecule is COCCc1ccc(OC2CNCC2O)cc1. The van der Waals surface area contributed by atoms with Crippen molar-refractivity contribution in [3.63, 3.8) is 0 Å². The molecule has 0 bridgehead atoms. The normalized spacial score (nSPS) is 23.9. The van der Waals surface area contributed by atoms with Crippen LogP contribution in [0.2, 0.25) is 0 Å². The monoisotopic (exact) mass is 237 g/mol. The number of benzene rings is 1. The Morgan fingerprint density at radius 3 is 2.65 bits per heavy atom. The molecule has 0 amide bonds. The smallest absolute Gasteiger partial charge is 0.138 e. The van der Waals surface area contributed by atoms with Gasteiger partial charge in [-0.1, -0.05) is 12.1 Å². The van der Waals surface area contributed by atoms with E-state index < -0.39 is 6.10 Å². The van der Waals surface area contributed by atoms with Crippen LogP contribution < -0.4 is 10.1 Å². The molecule has 2 N–H and O–H groups in total. The summed E-state index contributed by atoms with van der Waals surface area (Å²) in [5, 5.41) is 12.7. The van der Waals surface area contributed by atoms with Gasteiger partial charge in [-0.15, -0.1) is 0 Å². The fourth-order valence-electron chi connectivity index (χ4n) is 1.89. The Kier molecular flexibility index (Phi) is 4.36. The summed E-state index contributed by atoms with van der Waals surface area (Å²) in [5.74, 6) is 0.805. The maximum atomic E-state index is 9.62. The van der Waals surface area contributed by atoms with E-state index in [9.17, 15) is 5.11 Å². The van der Waals surface area contributed by atoms with Gasteiger partial charge in [0, 0.05) is 20.2 Å². The van der Waals surface area contributed by atoms with Crippen LogP contribution in [0.1, 0.15) is 5.56 Å². The summed E-state index contributed by atoms with van der Waals surface area (Å²) >= 11 is 0. The molecular weight excluding hydrogens is 218 g/mol. The molecule has 1 aliphatic rings. The number of aliphatic hydroxyl groups is 1. The van der Waals surface area contributed by atoms with Crippen molar-refractivity contribution in [1.82, 2.24) is 5.32 Å². The van der Waals surface area contributed by atoms with Crippen LogP contribution in [0, 0.1) is 0 Å². The van der Waals surface area contributed by atoms with Gasteiger partial charge in [0.15, 0.2) is 0 Å². The predicted octanol–water partition coefficient (Wildman–Crippen LogP) is 0.587. The maximum Gasteiger partial charge on any atom is 0.138 e. The van der Waals surface area contributed by atoms with Gasteiger partial charge in [0.1, 0.15) is 18.0 Å². The lowest BCUT2D eigenvalue weighted by Gasteiger charge is -2.16. The molecule has 1 aromatic rings. The van der Waals surface area contributed by atoms with E-state index in [0.717, 1.165) is 18.8 Å². The average Bonchev–Trinajstić information content (AvgIpc) is 2.74. The van der Waals surface area contributed by atoms with E-state index in [0.29, 0.717) is 13.1 Å². The van der Waals surface area contributed by atoms with Crippen LogP contribution in [0.15, 0.2) is 24.3 Å². The summed E-state index contributed by atoms with van der Waals surface area (Å²) in [6.07, 6.45) is 0.354. The first-order chi connectivity index (χ1) is 8.29. The number of methoxy groups -OCH3 is 1. The second-order valence-electron chi connectivity index (χ2n) is 4.27. The largest absolute Gasteiger partial charge is 0.486 e. The van der Waals surface area contributed by atoms with E-state index in [1.165, 1.54) is 5.56 Å². The van der Waals surface area contributed by atoms with Crippen LogP contribution in [0.4, 0.5) is 0 Å². The van der Waals surface area contributed by atoms with Gasteiger partial charge in [-0.3, -0.25) is 0 Å². The summed E-state index contributed by atoms with van der Waals surface area (Å²) in [6, 6.07) is 7.94. The molecule has 4 heteroatoms. The first-order valence-corrected chi connectivity index (χ1v) is 5.93. The Morgan fingerprint density at radius 1 is 1.29 bits per heavy atom. The number of hydrogen-bond donors (Lipinski definition) is 2. The van der Waals surface area contributed by atoms with Crippen molar-refractivity contribution in [2.24, 2.45) is 0 Å². The highest BCUT2D eigenvalue weighted by Gasteiger charge is 2.26. The van der Waals surface area contributed by atoms with E-state index >= 15 is 0 Å². The van der Waals surface area contributed by atoms with Crippen molar-refractivity contribution in [1.29, 1.82) is 0 Å². The molecule has 1 saturated heterocycles. The maximum absolute atomic E-state index is 9.62. The Bertz CT molecular complexity index is 339. The molecule has 0 aromatic heterocycles. The van der Waals surface area contributed by atoms with E-state index in [-0.39, 0.29) is 6.10 Å². The van der Waals surface area contributed by atoms with Crippen molar-refractivity contribution < 1.29 is 14.6 Å². The molecule has 1 aromatic carbocycles. The van der Waals surface area contributed by atoms with Crippen molar-refractivity contribution in [2.75, 3.05) is 26.8 Å². The number of hydrogen-bond acceptors (Lipinski definition) is 4. The lowest BCUT2D eigenvalue weighted by Crippen LogP contribution is -2.29. The van der Waals surface area contributed by atoms with Crippen molar-refractivity contribution in [3.05, 3.63) is 29.8 Å². The zero-order valence-electron chi connectivity index (χ0n) is 10.1. The van der Waals surface area contributed by atoms with Crippen molar-refractivity contribution in [2.45, 2.75) is 18.6 Å². The van der Waals surface area contributed by atoms with Crippen molar-refractivity contribution >= 4 is 0 Å². The molecule has 94 valence electrons. The number of ether oxygens (including phenoxy) is 2. The predicted molar refractivity (Wildman–Crippen MR) is 65.3 cm³/mol. The molecule has 0 saturated carbocycles. The van der Waals surface area contributed by atoms with Crippen molar-refractivity contribution in [3.8, 4) is 5.75 Å². The fraction of sp³-hybridized carbons (Fsp3) is 0.538. The molecule has 1 fully saturated rings. The van der Waals surface area contributed by atoms with E-state index in [1.54, 1.807) is 7.11 Å². The molecule has 0 aliphatic carbocycles. The van der Waals surface area contributed by atoms with Crippen LogP contribution in [0.3, 0.4) is 0 Å². The third-order valence-electron chi connectivity index (χ3n) is 2.93.